The predicted octanol–water partition coefficient (Wildman–Crippen LogP) is 2.18. The third-order valence-electron chi connectivity index (χ3n) is 4.80. The zero-order chi connectivity index (χ0) is 18.8. The largest absolute Gasteiger partial charge is 0.355 e. The maximum Gasteiger partial charge on any atom is 0.235 e. The maximum absolute atomic E-state index is 12.0. The number of carbonyl (C=O) groups excluding carboxylic acids is 2. The van der Waals surface area contributed by atoms with Gasteiger partial charge in [-0.1, -0.05) is 20.8 Å². The lowest BCUT2D eigenvalue weighted by Gasteiger charge is -2.20. The molecule has 1 aliphatic heterocycles. The summed E-state index contributed by atoms with van der Waals surface area (Å²) in [4.78, 5) is 25.8. The molecule has 25 heavy (non-hydrogen) atoms. The molecular weight excluding hydrogens is 316 g/mol. The van der Waals surface area contributed by atoms with Crippen molar-refractivity contribution in [1.82, 2.24) is 14.9 Å². The van der Waals surface area contributed by atoms with Crippen molar-refractivity contribution < 1.29 is 9.59 Å². The topological polar surface area (TPSA) is 66.4 Å². The van der Waals surface area contributed by atoms with E-state index in [2.05, 4.69) is 21.7 Å². The van der Waals surface area contributed by atoms with Gasteiger partial charge in [-0.15, -0.1) is 0 Å². The van der Waals surface area contributed by atoms with Crippen LogP contribution in [0.3, 0.4) is 0 Å². The second-order valence-corrected chi connectivity index (χ2v) is 8.25. The van der Waals surface area contributed by atoms with E-state index < -0.39 is 0 Å². The van der Waals surface area contributed by atoms with Gasteiger partial charge < -0.3 is 5.32 Å². The second-order valence-electron chi connectivity index (χ2n) is 8.25. The lowest BCUT2D eigenvalue weighted by atomic mass is 9.95. The second kappa shape index (κ2) is 7.60. The third kappa shape index (κ3) is 5.08. The average molecular weight is 348 g/mol. The number of likely N-dealkylation sites (tertiary alicyclic amines) is 1. The molecule has 6 nitrogen and oxygen atoms in total. The molecular formula is C19H32N4O2. The Morgan fingerprint density at radius 2 is 1.96 bits per heavy atom. The zero-order valence-corrected chi connectivity index (χ0v) is 16.4. The van der Waals surface area contributed by atoms with Gasteiger partial charge in [0.15, 0.2) is 0 Å². The molecule has 2 heterocycles. The van der Waals surface area contributed by atoms with Gasteiger partial charge in [0.2, 0.25) is 11.8 Å². The molecule has 1 fully saturated rings. The molecule has 1 aromatic rings. The highest BCUT2D eigenvalue weighted by Crippen LogP contribution is 2.22. The fourth-order valence-corrected chi connectivity index (χ4v) is 3.29. The highest BCUT2D eigenvalue weighted by atomic mass is 16.2. The fourth-order valence-electron chi connectivity index (χ4n) is 3.29. The Labute approximate surface area is 150 Å². The van der Waals surface area contributed by atoms with Gasteiger partial charge in [0.1, 0.15) is 0 Å². The molecule has 0 radical (unpaired) electrons. The standard InChI is InChI=1S/C19H32N4O2/c1-13-9-17(14(2)23(13)21-15(3)24)12-22-8-7-16(11-22)10-20-18(25)19(4,5)6/h9,16H,7-8,10-12H2,1-6H3,(H,20,25)(H,21,24)/t16-/m0/s1. The molecule has 6 heteroatoms. The van der Waals surface area contributed by atoms with Gasteiger partial charge in [-0.3, -0.25) is 24.6 Å². The van der Waals surface area contributed by atoms with Crippen LogP contribution in [0.4, 0.5) is 0 Å². The molecule has 1 aliphatic rings. The molecule has 1 saturated heterocycles. The van der Waals surface area contributed by atoms with Gasteiger partial charge >= 0.3 is 0 Å². The van der Waals surface area contributed by atoms with Gasteiger partial charge in [-0.2, -0.15) is 0 Å². The molecule has 1 atom stereocenters. The summed E-state index contributed by atoms with van der Waals surface area (Å²) in [7, 11) is 0. The number of rotatable bonds is 5. The van der Waals surface area contributed by atoms with E-state index in [9.17, 15) is 9.59 Å². The number of amides is 2. The quantitative estimate of drug-likeness (QED) is 0.857. The first-order valence-electron chi connectivity index (χ1n) is 9.04. The van der Waals surface area contributed by atoms with Gasteiger partial charge in [0.25, 0.3) is 0 Å². The lowest BCUT2D eigenvalue weighted by molar-refractivity contribution is -0.128. The minimum Gasteiger partial charge on any atom is -0.355 e. The monoisotopic (exact) mass is 348 g/mol. The minimum absolute atomic E-state index is 0.0656. The van der Waals surface area contributed by atoms with Gasteiger partial charge in [-0.25, -0.2) is 0 Å². The number of carbonyl (C=O) groups is 2. The lowest BCUT2D eigenvalue weighted by Crippen LogP contribution is -2.38. The molecule has 0 spiro atoms. The van der Waals surface area contributed by atoms with Crippen molar-refractivity contribution in [2.24, 2.45) is 11.3 Å². The summed E-state index contributed by atoms with van der Waals surface area (Å²) in [5, 5.41) is 3.08. The minimum atomic E-state index is -0.334. The normalized spacial score (nSPS) is 18.4. The molecule has 0 saturated carbocycles. The number of hydrogen-bond acceptors (Lipinski definition) is 3. The van der Waals surface area contributed by atoms with Gasteiger partial charge in [0, 0.05) is 43.4 Å². The summed E-state index contributed by atoms with van der Waals surface area (Å²) < 4.78 is 1.86. The Morgan fingerprint density at radius 3 is 2.56 bits per heavy atom. The van der Waals surface area contributed by atoms with E-state index in [4.69, 9.17) is 0 Å². The molecule has 0 aliphatic carbocycles. The van der Waals surface area contributed by atoms with E-state index in [0.29, 0.717) is 5.92 Å². The number of nitrogens with zero attached hydrogens (tertiary/aromatic N) is 2. The Bertz CT molecular complexity index is 643. The number of aryl methyl sites for hydroxylation is 1. The van der Waals surface area contributed by atoms with Crippen molar-refractivity contribution in [2.45, 2.75) is 54.5 Å². The van der Waals surface area contributed by atoms with Crippen LogP contribution < -0.4 is 10.7 Å². The van der Waals surface area contributed by atoms with Crippen LogP contribution in [0, 0.1) is 25.2 Å². The average Bonchev–Trinajstić information content (AvgIpc) is 3.04. The molecule has 140 valence electrons. The van der Waals surface area contributed by atoms with Crippen LogP contribution in [-0.4, -0.2) is 41.0 Å². The molecule has 0 bridgehead atoms. The summed E-state index contributed by atoms with van der Waals surface area (Å²) in [5.74, 6) is 0.555. The smallest absolute Gasteiger partial charge is 0.235 e. The number of nitrogens with one attached hydrogen (secondary N) is 2. The third-order valence-corrected chi connectivity index (χ3v) is 4.80. The van der Waals surface area contributed by atoms with Crippen LogP contribution in [0.15, 0.2) is 6.07 Å². The Morgan fingerprint density at radius 1 is 1.28 bits per heavy atom. The van der Waals surface area contributed by atoms with Crippen molar-refractivity contribution in [1.29, 1.82) is 0 Å². The highest BCUT2D eigenvalue weighted by molar-refractivity contribution is 5.81. The molecule has 0 unspecified atom stereocenters. The Kier molecular flexibility index (Phi) is 5.93. The highest BCUT2D eigenvalue weighted by Gasteiger charge is 2.26. The molecule has 2 amide bonds. The number of hydrogen-bond donors (Lipinski definition) is 2. The van der Waals surface area contributed by atoms with Crippen LogP contribution in [-0.2, 0) is 16.1 Å². The van der Waals surface area contributed by atoms with Crippen molar-refractivity contribution >= 4 is 11.8 Å². The van der Waals surface area contributed by atoms with Crippen LogP contribution >= 0.6 is 0 Å². The van der Waals surface area contributed by atoms with Crippen LogP contribution in [0.1, 0.15) is 51.1 Å². The van der Waals surface area contributed by atoms with Crippen molar-refractivity contribution in [3.63, 3.8) is 0 Å². The summed E-state index contributed by atoms with van der Waals surface area (Å²) in [6.07, 6.45) is 1.11. The maximum atomic E-state index is 12.0. The van der Waals surface area contributed by atoms with Crippen molar-refractivity contribution in [2.75, 3.05) is 25.1 Å². The van der Waals surface area contributed by atoms with E-state index in [1.54, 1.807) is 0 Å². The van der Waals surface area contributed by atoms with E-state index in [1.807, 2.05) is 39.3 Å². The SMILES string of the molecule is CC(=O)Nn1c(C)cc(CN2CC[C@@H](CNC(=O)C(C)(C)C)C2)c1C. The molecule has 2 rings (SSSR count). The predicted molar refractivity (Wildman–Crippen MR) is 99.8 cm³/mol. The molecule has 0 aromatic carbocycles. The van der Waals surface area contributed by atoms with Crippen LogP contribution in [0.5, 0.6) is 0 Å². The summed E-state index contributed by atoms with van der Waals surface area (Å²) in [5.41, 5.74) is 5.88. The number of aromatic nitrogens is 1. The van der Waals surface area contributed by atoms with Crippen molar-refractivity contribution in [3.05, 3.63) is 23.0 Å². The first kappa shape index (κ1) is 19.5. The summed E-state index contributed by atoms with van der Waals surface area (Å²) in [6.45, 7) is 15.0. The van der Waals surface area contributed by atoms with E-state index in [-0.39, 0.29) is 17.2 Å². The molecule has 2 N–H and O–H groups in total. The van der Waals surface area contributed by atoms with E-state index >= 15 is 0 Å². The fraction of sp³-hybridized carbons (Fsp3) is 0.684. The van der Waals surface area contributed by atoms with E-state index in [0.717, 1.165) is 44.0 Å². The van der Waals surface area contributed by atoms with Crippen LogP contribution in [0.2, 0.25) is 0 Å². The van der Waals surface area contributed by atoms with E-state index in [1.165, 1.54) is 12.5 Å². The zero-order valence-electron chi connectivity index (χ0n) is 16.4. The first-order valence-corrected chi connectivity index (χ1v) is 9.04. The summed E-state index contributed by atoms with van der Waals surface area (Å²) in [6, 6.07) is 2.14. The molecule has 1 aromatic heterocycles. The van der Waals surface area contributed by atoms with Crippen molar-refractivity contribution in [3.8, 4) is 0 Å². The first-order chi connectivity index (χ1) is 11.6. The Hall–Kier alpha value is -1.82. The summed E-state index contributed by atoms with van der Waals surface area (Å²) >= 11 is 0. The van der Waals surface area contributed by atoms with Gasteiger partial charge in [0.05, 0.1) is 0 Å². The van der Waals surface area contributed by atoms with Gasteiger partial charge in [-0.05, 0) is 44.4 Å². The Balaban J connectivity index is 1.89. The van der Waals surface area contributed by atoms with Crippen LogP contribution in [0.25, 0.3) is 0 Å².